The van der Waals surface area contributed by atoms with E-state index in [4.69, 9.17) is 4.74 Å². The number of nitrogens with one attached hydrogen (secondary N) is 1. The summed E-state index contributed by atoms with van der Waals surface area (Å²) >= 11 is 0. The number of hydrogen-bond acceptors (Lipinski definition) is 4. The molecule has 0 unspecified atom stereocenters. The third-order valence-electron chi connectivity index (χ3n) is 4.35. The van der Waals surface area contributed by atoms with Crippen LogP contribution in [0.2, 0.25) is 0 Å². The minimum atomic E-state index is -3.06. The van der Waals surface area contributed by atoms with Crippen molar-refractivity contribution < 1.29 is 13.2 Å². The zero-order chi connectivity index (χ0) is 18.0. The van der Waals surface area contributed by atoms with Gasteiger partial charge in [0.2, 0.25) is 0 Å². The molecule has 1 N–H and O–H groups in total. The molecule has 0 spiro atoms. The number of ether oxygens (including phenoxy) is 1. The fraction of sp³-hybridized carbons (Fsp3) is 0.588. The predicted molar refractivity (Wildman–Crippen MR) is 97.4 cm³/mol. The Morgan fingerprint density at radius 3 is 2.67 bits per heavy atom. The molecular formula is C17H27N3O3S. The van der Waals surface area contributed by atoms with Gasteiger partial charge in [-0.1, -0.05) is 6.07 Å². The summed E-state index contributed by atoms with van der Waals surface area (Å²) in [6, 6.07) is 6.06. The van der Waals surface area contributed by atoms with Crippen molar-refractivity contribution in [3.8, 4) is 5.75 Å². The van der Waals surface area contributed by atoms with E-state index in [2.05, 4.69) is 16.4 Å². The van der Waals surface area contributed by atoms with Crippen molar-refractivity contribution in [3.05, 3.63) is 29.3 Å². The molecule has 1 saturated heterocycles. The molecule has 6 nitrogen and oxygen atoms in total. The van der Waals surface area contributed by atoms with Crippen LogP contribution in [-0.4, -0.2) is 57.0 Å². The van der Waals surface area contributed by atoms with Crippen molar-refractivity contribution in [2.24, 2.45) is 4.99 Å². The quantitative estimate of drug-likeness (QED) is 0.660. The third-order valence-corrected chi connectivity index (χ3v) is 6.88. The Hall–Kier alpha value is -1.76. The van der Waals surface area contributed by atoms with E-state index in [1.54, 1.807) is 28.0 Å². The molecule has 1 heterocycles. The minimum absolute atomic E-state index is 0.152. The Morgan fingerprint density at radius 2 is 2.08 bits per heavy atom. The topological polar surface area (TPSA) is 71.0 Å². The standard InChI is InChI=1S/C17H27N3O3S/c1-13-8-14(10-15(9-13)23-5)11-19-16(18-4)20-6-7-24(21,22)17(2,3)12-20/h8-10H,6-7,11-12H2,1-5H3,(H,18,19). The van der Waals surface area contributed by atoms with E-state index in [0.717, 1.165) is 22.8 Å². The lowest BCUT2D eigenvalue weighted by molar-refractivity contribution is 0.353. The van der Waals surface area contributed by atoms with Gasteiger partial charge >= 0.3 is 0 Å². The maximum absolute atomic E-state index is 12.1. The molecule has 1 fully saturated rings. The molecule has 1 aliphatic heterocycles. The molecule has 0 saturated carbocycles. The molecule has 7 heteroatoms. The van der Waals surface area contributed by atoms with E-state index in [1.165, 1.54) is 0 Å². The largest absolute Gasteiger partial charge is 0.497 e. The molecule has 0 aliphatic carbocycles. The van der Waals surface area contributed by atoms with Crippen LogP contribution in [0.25, 0.3) is 0 Å². The highest BCUT2D eigenvalue weighted by Crippen LogP contribution is 2.24. The van der Waals surface area contributed by atoms with Gasteiger partial charge in [0.15, 0.2) is 15.8 Å². The Bertz CT molecular complexity index is 727. The van der Waals surface area contributed by atoms with Crippen LogP contribution in [0.4, 0.5) is 0 Å². The van der Waals surface area contributed by atoms with Crippen molar-refractivity contribution in [2.45, 2.75) is 32.1 Å². The molecule has 0 aromatic heterocycles. The average Bonchev–Trinajstić information content (AvgIpc) is 2.50. The van der Waals surface area contributed by atoms with E-state index < -0.39 is 14.6 Å². The van der Waals surface area contributed by atoms with Crippen LogP contribution in [0.1, 0.15) is 25.0 Å². The van der Waals surface area contributed by atoms with Gasteiger partial charge in [0.05, 0.1) is 17.6 Å². The van der Waals surface area contributed by atoms with Gasteiger partial charge in [-0.15, -0.1) is 0 Å². The number of methoxy groups -OCH3 is 1. The van der Waals surface area contributed by atoms with E-state index in [-0.39, 0.29) is 5.75 Å². The summed E-state index contributed by atoms with van der Waals surface area (Å²) in [4.78, 5) is 6.32. The van der Waals surface area contributed by atoms with Gasteiger partial charge in [-0.25, -0.2) is 8.42 Å². The smallest absolute Gasteiger partial charge is 0.193 e. The Labute approximate surface area is 144 Å². The Morgan fingerprint density at radius 1 is 1.38 bits per heavy atom. The maximum Gasteiger partial charge on any atom is 0.193 e. The Balaban J connectivity index is 2.07. The van der Waals surface area contributed by atoms with Crippen LogP contribution in [0.15, 0.2) is 23.2 Å². The Kier molecular flexibility index (Phi) is 5.42. The molecule has 0 amide bonds. The normalized spacial score (nSPS) is 19.9. The fourth-order valence-corrected chi connectivity index (χ4v) is 4.25. The molecule has 134 valence electrons. The van der Waals surface area contributed by atoms with Gasteiger partial charge < -0.3 is 15.0 Å². The highest BCUT2D eigenvalue weighted by molar-refractivity contribution is 7.92. The first-order chi connectivity index (χ1) is 11.2. The zero-order valence-electron chi connectivity index (χ0n) is 15.1. The summed E-state index contributed by atoms with van der Waals surface area (Å²) in [6.45, 7) is 7.07. The van der Waals surface area contributed by atoms with Gasteiger partial charge in [-0.3, -0.25) is 4.99 Å². The first-order valence-electron chi connectivity index (χ1n) is 8.01. The number of aliphatic imine (C=N–C) groups is 1. The van der Waals surface area contributed by atoms with Crippen LogP contribution < -0.4 is 10.1 Å². The molecule has 1 aliphatic rings. The molecule has 0 atom stereocenters. The van der Waals surface area contributed by atoms with Crippen molar-refractivity contribution in [1.29, 1.82) is 0 Å². The summed E-state index contributed by atoms with van der Waals surface area (Å²) in [5.74, 6) is 1.70. The van der Waals surface area contributed by atoms with Gasteiger partial charge in [-0.2, -0.15) is 0 Å². The number of hydrogen-bond donors (Lipinski definition) is 1. The second kappa shape index (κ2) is 7.01. The zero-order valence-corrected chi connectivity index (χ0v) is 15.9. The summed E-state index contributed by atoms with van der Waals surface area (Å²) in [5.41, 5.74) is 2.23. The van der Waals surface area contributed by atoms with Gasteiger partial charge in [0.1, 0.15) is 5.75 Å². The summed E-state index contributed by atoms with van der Waals surface area (Å²) in [6.07, 6.45) is 0. The maximum atomic E-state index is 12.1. The number of benzene rings is 1. The van der Waals surface area contributed by atoms with Gasteiger partial charge in [-0.05, 0) is 44.0 Å². The summed E-state index contributed by atoms with van der Waals surface area (Å²) in [5, 5.41) is 3.32. The van der Waals surface area contributed by atoms with Gasteiger partial charge in [0, 0.05) is 26.7 Å². The number of sulfone groups is 1. The minimum Gasteiger partial charge on any atom is -0.497 e. The number of nitrogens with zero attached hydrogens (tertiary/aromatic N) is 2. The van der Waals surface area contributed by atoms with Gasteiger partial charge in [0.25, 0.3) is 0 Å². The van der Waals surface area contributed by atoms with E-state index in [9.17, 15) is 8.42 Å². The number of aryl methyl sites for hydroxylation is 1. The first kappa shape index (κ1) is 18.6. The fourth-order valence-electron chi connectivity index (χ4n) is 2.88. The molecule has 1 aromatic rings. The van der Waals surface area contributed by atoms with Crippen molar-refractivity contribution in [3.63, 3.8) is 0 Å². The highest BCUT2D eigenvalue weighted by atomic mass is 32.2. The second-order valence-corrected chi connectivity index (χ2v) is 9.50. The van der Waals surface area contributed by atoms with Crippen LogP contribution in [0.5, 0.6) is 5.75 Å². The third kappa shape index (κ3) is 4.01. The first-order valence-corrected chi connectivity index (χ1v) is 9.66. The van der Waals surface area contributed by atoms with Crippen molar-refractivity contribution in [2.75, 3.05) is 33.0 Å². The molecule has 24 heavy (non-hydrogen) atoms. The SMILES string of the molecule is CN=C(NCc1cc(C)cc(OC)c1)N1CCS(=O)(=O)C(C)(C)C1. The van der Waals surface area contributed by atoms with Crippen LogP contribution >= 0.6 is 0 Å². The van der Waals surface area contributed by atoms with Crippen molar-refractivity contribution in [1.82, 2.24) is 10.2 Å². The van der Waals surface area contributed by atoms with E-state index in [0.29, 0.717) is 19.6 Å². The highest BCUT2D eigenvalue weighted by Gasteiger charge is 2.40. The summed E-state index contributed by atoms with van der Waals surface area (Å²) in [7, 11) is 0.313. The molecule has 0 bridgehead atoms. The van der Waals surface area contributed by atoms with Crippen LogP contribution in [-0.2, 0) is 16.4 Å². The predicted octanol–water partition coefficient (Wildman–Crippen LogP) is 1.59. The molecule has 1 aromatic carbocycles. The van der Waals surface area contributed by atoms with E-state index >= 15 is 0 Å². The monoisotopic (exact) mass is 353 g/mol. The second-order valence-electron chi connectivity index (χ2n) is 6.76. The summed E-state index contributed by atoms with van der Waals surface area (Å²) < 4.78 is 28.8. The van der Waals surface area contributed by atoms with E-state index in [1.807, 2.05) is 24.0 Å². The lowest BCUT2D eigenvalue weighted by atomic mass is 10.1. The number of rotatable bonds is 3. The molecule has 2 rings (SSSR count). The van der Waals surface area contributed by atoms with Crippen LogP contribution in [0.3, 0.4) is 0 Å². The van der Waals surface area contributed by atoms with Crippen molar-refractivity contribution >= 4 is 15.8 Å². The number of guanidine groups is 1. The molecular weight excluding hydrogens is 326 g/mol. The lowest BCUT2D eigenvalue weighted by Crippen LogP contribution is -2.57. The van der Waals surface area contributed by atoms with Crippen LogP contribution in [0, 0.1) is 6.92 Å². The average molecular weight is 353 g/mol. The lowest BCUT2D eigenvalue weighted by Gasteiger charge is -2.39. The molecule has 0 radical (unpaired) electrons.